The van der Waals surface area contributed by atoms with E-state index in [-0.39, 0.29) is 11.1 Å². The summed E-state index contributed by atoms with van der Waals surface area (Å²) >= 11 is 0. The van der Waals surface area contributed by atoms with E-state index in [0.717, 1.165) is 0 Å². The zero-order valence-electron chi connectivity index (χ0n) is 13.7. The average Bonchev–Trinajstić information content (AvgIpc) is 2.71. The Kier molecular flexibility index (Phi) is 3.76. The van der Waals surface area contributed by atoms with Crippen LogP contribution in [0.3, 0.4) is 0 Å². The van der Waals surface area contributed by atoms with Crippen molar-refractivity contribution in [2.45, 2.75) is 76.3 Å². The summed E-state index contributed by atoms with van der Waals surface area (Å²) in [6.07, 6.45) is 2.65. The Morgan fingerprint density at radius 2 is 1.90 bits per heavy atom. The molecule has 3 atom stereocenters. The minimum Gasteiger partial charge on any atom is -0.408 e. The first kappa shape index (κ1) is 16.2. The summed E-state index contributed by atoms with van der Waals surface area (Å²) in [7, 11) is -1.99. The molecule has 0 radical (unpaired) electrons. The van der Waals surface area contributed by atoms with Crippen LogP contribution in [-0.4, -0.2) is 43.6 Å². The standard InChI is InChI=1S/C15H28O4Si/c1-13(2,3)20(6,7)18-12-11(16)8-9-15(12)10-17-14(4,5)19-15/h8-9,11-12,16H,10H2,1-7H3/t11-,12+,15-/m1/s1. The Labute approximate surface area is 123 Å². The maximum absolute atomic E-state index is 10.3. The monoisotopic (exact) mass is 300 g/mol. The molecule has 0 aromatic rings. The molecule has 0 aromatic carbocycles. The van der Waals surface area contributed by atoms with E-state index in [0.29, 0.717) is 6.61 Å². The van der Waals surface area contributed by atoms with Crippen LogP contribution in [0.2, 0.25) is 18.1 Å². The molecule has 1 spiro atoms. The lowest BCUT2D eigenvalue weighted by Gasteiger charge is -2.43. The molecule has 1 N–H and O–H groups in total. The molecule has 0 aromatic heterocycles. The summed E-state index contributed by atoms with van der Waals surface area (Å²) in [5, 5.41) is 10.4. The van der Waals surface area contributed by atoms with Gasteiger partial charge in [0.15, 0.2) is 14.1 Å². The van der Waals surface area contributed by atoms with Crippen molar-refractivity contribution < 1.29 is 19.0 Å². The van der Waals surface area contributed by atoms with Gasteiger partial charge in [-0.3, -0.25) is 0 Å². The molecule has 1 saturated heterocycles. The topological polar surface area (TPSA) is 47.9 Å². The first-order chi connectivity index (χ1) is 8.89. The van der Waals surface area contributed by atoms with Crippen molar-refractivity contribution in [2.24, 2.45) is 0 Å². The maximum Gasteiger partial charge on any atom is 0.192 e. The third kappa shape index (κ3) is 2.74. The van der Waals surface area contributed by atoms with E-state index in [1.165, 1.54) is 0 Å². The number of ether oxygens (including phenoxy) is 2. The van der Waals surface area contributed by atoms with Crippen LogP contribution in [0.5, 0.6) is 0 Å². The highest BCUT2D eigenvalue weighted by atomic mass is 28.4. The van der Waals surface area contributed by atoms with Gasteiger partial charge < -0.3 is 19.0 Å². The minimum atomic E-state index is -1.99. The normalized spacial score (nSPS) is 37.0. The van der Waals surface area contributed by atoms with E-state index in [1.54, 1.807) is 6.08 Å². The summed E-state index contributed by atoms with van der Waals surface area (Å²) in [6.45, 7) is 15.2. The van der Waals surface area contributed by atoms with Crippen molar-refractivity contribution in [3.63, 3.8) is 0 Å². The zero-order valence-corrected chi connectivity index (χ0v) is 14.7. The van der Waals surface area contributed by atoms with Gasteiger partial charge in [0.1, 0.15) is 17.8 Å². The van der Waals surface area contributed by atoms with Crippen molar-refractivity contribution >= 4 is 8.32 Å². The van der Waals surface area contributed by atoms with E-state index in [2.05, 4.69) is 33.9 Å². The van der Waals surface area contributed by atoms with Crippen molar-refractivity contribution in [1.29, 1.82) is 0 Å². The second-order valence-corrected chi connectivity index (χ2v) is 12.7. The van der Waals surface area contributed by atoms with Crippen LogP contribution in [0.25, 0.3) is 0 Å². The van der Waals surface area contributed by atoms with Gasteiger partial charge in [-0.1, -0.05) is 26.8 Å². The van der Waals surface area contributed by atoms with Crippen molar-refractivity contribution in [1.82, 2.24) is 0 Å². The fourth-order valence-corrected chi connectivity index (χ4v) is 3.76. The Morgan fingerprint density at radius 3 is 2.35 bits per heavy atom. The van der Waals surface area contributed by atoms with E-state index < -0.39 is 25.8 Å². The molecule has 1 aliphatic carbocycles. The van der Waals surface area contributed by atoms with Crippen LogP contribution in [0, 0.1) is 0 Å². The summed E-state index contributed by atoms with van der Waals surface area (Å²) in [4.78, 5) is 0. The summed E-state index contributed by atoms with van der Waals surface area (Å²) < 4.78 is 18.2. The second kappa shape index (κ2) is 4.65. The fourth-order valence-electron chi connectivity index (χ4n) is 2.44. The van der Waals surface area contributed by atoms with Crippen LogP contribution in [0.15, 0.2) is 12.2 Å². The number of aliphatic hydroxyl groups is 1. The molecule has 20 heavy (non-hydrogen) atoms. The third-order valence-electron chi connectivity index (χ3n) is 4.68. The van der Waals surface area contributed by atoms with E-state index in [9.17, 15) is 5.11 Å². The van der Waals surface area contributed by atoms with Gasteiger partial charge in [0.25, 0.3) is 0 Å². The average molecular weight is 300 g/mol. The molecule has 1 fully saturated rings. The highest BCUT2D eigenvalue weighted by molar-refractivity contribution is 6.74. The molecule has 4 nitrogen and oxygen atoms in total. The molecule has 1 heterocycles. The molecule has 0 amide bonds. The number of rotatable bonds is 2. The van der Waals surface area contributed by atoms with Crippen molar-refractivity contribution in [3.8, 4) is 0 Å². The van der Waals surface area contributed by atoms with Gasteiger partial charge in [-0.15, -0.1) is 0 Å². The van der Waals surface area contributed by atoms with Gasteiger partial charge in [-0.2, -0.15) is 0 Å². The molecule has 2 aliphatic rings. The van der Waals surface area contributed by atoms with Gasteiger partial charge in [0.05, 0.1) is 6.61 Å². The summed E-state index contributed by atoms with van der Waals surface area (Å²) in [5.74, 6) is -0.635. The second-order valence-electron chi connectivity index (χ2n) is 7.89. The fraction of sp³-hybridized carbons (Fsp3) is 0.867. The Bertz CT molecular complexity index is 411. The molecule has 0 bridgehead atoms. The van der Waals surface area contributed by atoms with Gasteiger partial charge in [0, 0.05) is 0 Å². The number of aliphatic hydroxyl groups excluding tert-OH is 1. The third-order valence-corrected chi connectivity index (χ3v) is 9.13. The van der Waals surface area contributed by atoms with Gasteiger partial charge in [0.2, 0.25) is 0 Å². The highest BCUT2D eigenvalue weighted by Crippen LogP contribution is 2.45. The van der Waals surface area contributed by atoms with Crippen LogP contribution in [0.4, 0.5) is 0 Å². The lowest BCUT2D eigenvalue weighted by Crippen LogP contribution is -2.55. The van der Waals surface area contributed by atoms with E-state index >= 15 is 0 Å². The van der Waals surface area contributed by atoms with Crippen molar-refractivity contribution in [3.05, 3.63) is 12.2 Å². The molecule has 0 saturated carbocycles. The lowest BCUT2D eigenvalue weighted by atomic mass is 10.0. The van der Waals surface area contributed by atoms with E-state index in [1.807, 2.05) is 19.9 Å². The van der Waals surface area contributed by atoms with Gasteiger partial charge in [-0.25, -0.2) is 0 Å². The van der Waals surface area contributed by atoms with E-state index in [4.69, 9.17) is 13.9 Å². The Morgan fingerprint density at radius 1 is 1.30 bits per heavy atom. The summed E-state index contributed by atoms with van der Waals surface area (Å²) in [6, 6.07) is 0. The van der Waals surface area contributed by atoms with Crippen molar-refractivity contribution in [2.75, 3.05) is 6.61 Å². The number of hydrogen-bond acceptors (Lipinski definition) is 4. The summed E-state index contributed by atoms with van der Waals surface area (Å²) in [5.41, 5.74) is -0.654. The highest BCUT2D eigenvalue weighted by Gasteiger charge is 2.56. The maximum atomic E-state index is 10.3. The smallest absolute Gasteiger partial charge is 0.192 e. The first-order valence-electron chi connectivity index (χ1n) is 7.28. The molecular formula is C15H28O4Si. The molecule has 5 heteroatoms. The quantitative estimate of drug-likeness (QED) is 0.629. The Hall–Kier alpha value is -0.203. The molecule has 2 rings (SSSR count). The minimum absolute atomic E-state index is 0.0888. The van der Waals surface area contributed by atoms with Crippen LogP contribution in [-0.2, 0) is 13.9 Å². The van der Waals surface area contributed by atoms with Crippen LogP contribution >= 0.6 is 0 Å². The molecule has 116 valence electrons. The molecule has 0 unspecified atom stereocenters. The SMILES string of the molecule is CC1(C)OC[C@@]2(C=C[C@@H](O)[C@@H]2O[Si](C)(C)C(C)(C)C)O1. The van der Waals surface area contributed by atoms with Crippen LogP contribution in [0.1, 0.15) is 34.6 Å². The predicted octanol–water partition coefficient (Wildman–Crippen LogP) is 2.83. The molecular weight excluding hydrogens is 272 g/mol. The first-order valence-corrected chi connectivity index (χ1v) is 10.2. The largest absolute Gasteiger partial charge is 0.408 e. The molecule has 1 aliphatic heterocycles. The Balaban J connectivity index is 2.22. The van der Waals surface area contributed by atoms with Gasteiger partial charge >= 0.3 is 0 Å². The predicted molar refractivity (Wildman–Crippen MR) is 81.1 cm³/mol. The lowest BCUT2D eigenvalue weighted by molar-refractivity contribution is -0.172. The zero-order chi connectivity index (χ0) is 15.4. The number of hydrogen-bond donors (Lipinski definition) is 1. The van der Waals surface area contributed by atoms with Crippen LogP contribution < -0.4 is 0 Å². The van der Waals surface area contributed by atoms with Gasteiger partial charge in [-0.05, 0) is 38.1 Å².